The Bertz CT molecular complexity index is 1660. The number of carbonyl (C=O) groups excluding carboxylic acids is 2. The number of hydrogen-bond donors (Lipinski definition) is 0. The molecular weight excluding hydrogens is 522 g/mol. The van der Waals surface area contributed by atoms with Crippen LogP contribution in [0.5, 0.6) is 11.5 Å². The van der Waals surface area contributed by atoms with Crippen LogP contribution in [-0.2, 0) is 14.9 Å². The third-order valence-electron chi connectivity index (χ3n) is 5.89. The van der Waals surface area contributed by atoms with Crippen molar-refractivity contribution >= 4 is 49.9 Å². The molecule has 0 N–H and O–H groups in total. The summed E-state index contributed by atoms with van der Waals surface area (Å²) in [7, 11) is -4.15. The summed E-state index contributed by atoms with van der Waals surface area (Å²) in [4.78, 5) is 26.8. The minimum Gasteiger partial charge on any atom is -0.492 e. The average molecular weight is 546 g/mol. The number of imide groups is 1. The van der Waals surface area contributed by atoms with Gasteiger partial charge < -0.3 is 8.92 Å². The predicted octanol–water partition coefficient (Wildman–Crippen LogP) is 6.03. The van der Waals surface area contributed by atoms with Crippen molar-refractivity contribution in [2.75, 3.05) is 13.2 Å². The Morgan fingerprint density at radius 2 is 1.58 bits per heavy atom. The van der Waals surface area contributed by atoms with Crippen LogP contribution in [0.1, 0.15) is 11.1 Å². The zero-order valence-corrected chi connectivity index (χ0v) is 22.0. The topological polar surface area (TPSA) is 90.0 Å². The van der Waals surface area contributed by atoms with Crippen molar-refractivity contribution in [2.45, 2.75) is 11.8 Å². The number of ether oxygens (including phenoxy) is 1. The molecule has 0 radical (unpaired) electrons. The van der Waals surface area contributed by atoms with Crippen LogP contribution in [0.15, 0.2) is 101 Å². The predicted molar refractivity (Wildman–Crippen MR) is 148 cm³/mol. The standard InChI is InChI=1S/C29H23NO6S2/c1-20-10-13-24(14-11-20)35-17-16-30-28(31)27(37-29(30)32)19-23-8-4-5-9-26(23)36-38(33,34)25-15-12-21-6-2-3-7-22(21)18-25/h2-15,18-19H,16-17H2,1H3/b27-19-. The molecule has 0 spiro atoms. The molecule has 9 heteroatoms. The monoisotopic (exact) mass is 545 g/mol. The molecule has 0 aliphatic carbocycles. The molecule has 5 rings (SSSR count). The smallest absolute Gasteiger partial charge is 0.339 e. The number of nitrogens with zero attached hydrogens (tertiary/aromatic N) is 1. The number of carbonyl (C=O) groups is 2. The summed E-state index contributed by atoms with van der Waals surface area (Å²) in [5.74, 6) is 0.228. The molecule has 2 amide bonds. The van der Waals surface area contributed by atoms with Crippen molar-refractivity contribution in [3.8, 4) is 11.5 Å². The first kappa shape index (κ1) is 25.6. The maximum atomic E-state index is 13.1. The Balaban J connectivity index is 1.32. The van der Waals surface area contributed by atoms with Gasteiger partial charge in [-0.3, -0.25) is 14.5 Å². The maximum absolute atomic E-state index is 13.1. The SMILES string of the molecule is Cc1ccc(OCCN2C(=O)S/C(=C\c3ccccc3OS(=O)(=O)c3ccc4ccccc4c3)C2=O)cc1. The Morgan fingerprint density at radius 1 is 0.868 bits per heavy atom. The quantitative estimate of drug-likeness (QED) is 0.197. The zero-order valence-electron chi connectivity index (χ0n) is 20.4. The third kappa shape index (κ3) is 5.58. The summed E-state index contributed by atoms with van der Waals surface area (Å²) in [6.45, 7) is 2.21. The molecule has 0 atom stereocenters. The van der Waals surface area contributed by atoms with Crippen LogP contribution in [0.4, 0.5) is 4.79 Å². The van der Waals surface area contributed by atoms with Crippen molar-refractivity contribution in [1.29, 1.82) is 0 Å². The van der Waals surface area contributed by atoms with Crippen LogP contribution in [0.3, 0.4) is 0 Å². The molecule has 0 bridgehead atoms. The summed E-state index contributed by atoms with van der Waals surface area (Å²) >= 11 is 0.787. The number of aryl methyl sites for hydroxylation is 1. The van der Waals surface area contributed by atoms with Gasteiger partial charge in [-0.15, -0.1) is 0 Å². The molecule has 0 saturated carbocycles. The number of rotatable bonds is 8. The maximum Gasteiger partial charge on any atom is 0.339 e. The third-order valence-corrected chi connectivity index (χ3v) is 8.03. The molecule has 1 heterocycles. The molecule has 1 fully saturated rings. The molecule has 1 saturated heterocycles. The van der Waals surface area contributed by atoms with Gasteiger partial charge in [0.1, 0.15) is 23.0 Å². The van der Waals surface area contributed by atoms with Crippen LogP contribution in [0.2, 0.25) is 0 Å². The Hall–Kier alpha value is -4.08. The largest absolute Gasteiger partial charge is 0.492 e. The van der Waals surface area contributed by atoms with Gasteiger partial charge in [0.15, 0.2) is 0 Å². The lowest BCUT2D eigenvalue weighted by atomic mass is 10.1. The summed E-state index contributed by atoms with van der Waals surface area (Å²) in [5, 5.41) is 1.26. The summed E-state index contributed by atoms with van der Waals surface area (Å²) < 4.78 is 37.3. The summed E-state index contributed by atoms with van der Waals surface area (Å²) in [5.41, 5.74) is 1.46. The molecule has 1 aliphatic rings. The second kappa shape index (κ2) is 10.7. The van der Waals surface area contributed by atoms with Crippen LogP contribution < -0.4 is 8.92 Å². The van der Waals surface area contributed by atoms with Gasteiger partial charge in [0.2, 0.25) is 0 Å². The van der Waals surface area contributed by atoms with E-state index in [1.54, 1.807) is 30.3 Å². The second-order valence-electron chi connectivity index (χ2n) is 8.58. The van der Waals surface area contributed by atoms with Crippen molar-refractivity contribution in [1.82, 2.24) is 4.90 Å². The van der Waals surface area contributed by atoms with Gasteiger partial charge in [0, 0.05) is 5.56 Å². The summed E-state index contributed by atoms with van der Waals surface area (Å²) in [6, 6.07) is 26.1. The van der Waals surface area contributed by atoms with Gasteiger partial charge in [0.25, 0.3) is 11.1 Å². The lowest BCUT2D eigenvalue weighted by Gasteiger charge is -2.13. The van der Waals surface area contributed by atoms with Gasteiger partial charge in [0.05, 0.1) is 11.4 Å². The fourth-order valence-electron chi connectivity index (χ4n) is 3.89. The number of amides is 2. The van der Waals surface area contributed by atoms with Crippen molar-refractivity contribution < 1.29 is 26.9 Å². The normalized spacial score (nSPS) is 14.9. The number of para-hydroxylation sites is 1. The summed E-state index contributed by atoms with van der Waals surface area (Å²) in [6.07, 6.45) is 1.47. The van der Waals surface area contributed by atoms with E-state index in [9.17, 15) is 18.0 Å². The molecular formula is C29H23NO6S2. The lowest BCUT2D eigenvalue weighted by Crippen LogP contribution is -2.32. The molecule has 4 aromatic rings. The highest BCUT2D eigenvalue weighted by atomic mass is 32.2. The minimum atomic E-state index is -4.15. The fourth-order valence-corrected chi connectivity index (χ4v) is 5.73. The highest BCUT2D eigenvalue weighted by Crippen LogP contribution is 2.34. The molecule has 1 aliphatic heterocycles. The van der Waals surface area contributed by atoms with E-state index in [1.165, 1.54) is 18.2 Å². The molecule has 38 heavy (non-hydrogen) atoms. The molecule has 192 valence electrons. The van der Waals surface area contributed by atoms with Crippen molar-refractivity contribution in [3.63, 3.8) is 0 Å². The van der Waals surface area contributed by atoms with E-state index < -0.39 is 21.3 Å². The van der Waals surface area contributed by atoms with Crippen LogP contribution in [0, 0.1) is 6.92 Å². The van der Waals surface area contributed by atoms with E-state index in [4.69, 9.17) is 8.92 Å². The molecule has 7 nitrogen and oxygen atoms in total. The first-order valence-corrected chi connectivity index (χ1v) is 14.0. The van der Waals surface area contributed by atoms with Gasteiger partial charge in [-0.25, -0.2) is 0 Å². The average Bonchev–Trinajstić information content (AvgIpc) is 3.18. The first-order chi connectivity index (χ1) is 18.3. The van der Waals surface area contributed by atoms with Gasteiger partial charge in [-0.05, 0) is 65.9 Å². The van der Waals surface area contributed by atoms with E-state index in [1.807, 2.05) is 55.5 Å². The number of thioether (sulfide) groups is 1. The Labute approximate surface area is 224 Å². The highest BCUT2D eigenvalue weighted by Gasteiger charge is 2.35. The van der Waals surface area contributed by atoms with E-state index >= 15 is 0 Å². The van der Waals surface area contributed by atoms with Crippen molar-refractivity contribution in [3.05, 3.63) is 107 Å². The van der Waals surface area contributed by atoms with E-state index in [-0.39, 0.29) is 28.7 Å². The zero-order chi connectivity index (χ0) is 26.7. The van der Waals surface area contributed by atoms with E-state index in [2.05, 4.69) is 0 Å². The molecule has 0 aromatic heterocycles. The van der Waals surface area contributed by atoms with Gasteiger partial charge >= 0.3 is 10.1 Å². The number of hydrogen-bond acceptors (Lipinski definition) is 7. The minimum absolute atomic E-state index is 0.0138. The van der Waals surface area contributed by atoms with E-state index in [0.717, 1.165) is 33.0 Å². The van der Waals surface area contributed by atoms with Crippen molar-refractivity contribution in [2.24, 2.45) is 0 Å². The molecule has 4 aromatic carbocycles. The van der Waals surface area contributed by atoms with Gasteiger partial charge in [-0.1, -0.05) is 66.2 Å². The molecule has 0 unspecified atom stereocenters. The van der Waals surface area contributed by atoms with Crippen LogP contribution in [-0.4, -0.2) is 37.6 Å². The van der Waals surface area contributed by atoms with E-state index in [0.29, 0.717) is 11.3 Å². The number of fused-ring (bicyclic) bond motifs is 1. The lowest BCUT2D eigenvalue weighted by molar-refractivity contribution is -0.123. The van der Waals surface area contributed by atoms with Gasteiger partial charge in [-0.2, -0.15) is 8.42 Å². The highest BCUT2D eigenvalue weighted by molar-refractivity contribution is 8.18. The first-order valence-electron chi connectivity index (χ1n) is 11.8. The van der Waals surface area contributed by atoms with Crippen LogP contribution >= 0.6 is 11.8 Å². The Morgan fingerprint density at radius 3 is 2.37 bits per heavy atom. The second-order valence-corrected chi connectivity index (χ2v) is 11.1. The Kier molecular flexibility index (Phi) is 7.22. The number of benzene rings is 4. The fraction of sp³-hybridized carbons (Fsp3) is 0.103. The van der Waals surface area contributed by atoms with Crippen LogP contribution in [0.25, 0.3) is 16.8 Å².